The third-order valence-corrected chi connectivity index (χ3v) is 4.92. The lowest BCUT2D eigenvalue weighted by Crippen LogP contribution is -2.51. The summed E-state index contributed by atoms with van der Waals surface area (Å²) < 4.78 is 13.4. The van der Waals surface area contributed by atoms with Gasteiger partial charge in [0.2, 0.25) is 5.91 Å². The predicted molar refractivity (Wildman–Crippen MR) is 104 cm³/mol. The van der Waals surface area contributed by atoms with Crippen LogP contribution in [0.4, 0.5) is 4.39 Å². The molecule has 0 aliphatic heterocycles. The van der Waals surface area contributed by atoms with Crippen molar-refractivity contribution in [2.45, 2.75) is 32.4 Å². The lowest BCUT2D eigenvalue weighted by Gasteiger charge is -2.31. The molecule has 1 N–H and O–H groups in total. The zero-order valence-electron chi connectivity index (χ0n) is 16.2. The molecule has 2 unspecified atom stereocenters. The lowest BCUT2D eigenvalue weighted by molar-refractivity contribution is -0.123. The summed E-state index contributed by atoms with van der Waals surface area (Å²) in [5.74, 6) is -0.537. The van der Waals surface area contributed by atoms with Crippen LogP contribution in [0.15, 0.2) is 54.6 Å². The number of carbonyl (C=O) groups excluding carboxylic acids is 1. The number of halogens is 1. The first kappa shape index (κ1) is 20.6. The van der Waals surface area contributed by atoms with E-state index in [0.29, 0.717) is 0 Å². The highest BCUT2D eigenvalue weighted by molar-refractivity contribution is 5.79. The zero-order chi connectivity index (χ0) is 20.0. The number of nitrogens with one attached hydrogen (secondary N) is 1. The van der Waals surface area contributed by atoms with Gasteiger partial charge in [0.1, 0.15) is 11.4 Å². The quantitative estimate of drug-likeness (QED) is 0.807. The van der Waals surface area contributed by atoms with Gasteiger partial charge >= 0.3 is 0 Å². The maximum atomic E-state index is 13.4. The van der Waals surface area contributed by atoms with E-state index in [0.717, 1.165) is 11.1 Å². The molecular formula is C22H26FN3O. The summed E-state index contributed by atoms with van der Waals surface area (Å²) in [6.07, 6.45) is 0. The number of benzene rings is 2. The van der Waals surface area contributed by atoms with Crippen molar-refractivity contribution in [3.63, 3.8) is 0 Å². The lowest BCUT2D eigenvalue weighted by atomic mass is 9.90. The minimum Gasteiger partial charge on any atom is -0.337 e. The van der Waals surface area contributed by atoms with Gasteiger partial charge in [-0.15, -0.1) is 0 Å². The van der Waals surface area contributed by atoms with Crippen LogP contribution in [-0.4, -0.2) is 29.9 Å². The molecule has 0 aliphatic carbocycles. The van der Waals surface area contributed by atoms with Gasteiger partial charge in [-0.05, 0) is 43.1 Å². The van der Waals surface area contributed by atoms with E-state index in [1.165, 1.54) is 12.1 Å². The molecule has 0 bridgehead atoms. The fourth-order valence-electron chi connectivity index (χ4n) is 2.93. The molecule has 0 saturated carbocycles. The van der Waals surface area contributed by atoms with Crippen LogP contribution in [0.1, 0.15) is 37.9 Å². The van der Waals surface area contributed by atoms with E-state index in [9.17, 15) is 14.4 Å². The van der Waals surface area contributed by atoms with Gasteiger partial charge in [0.05, 0.1) is 18.7 Å². The molecule has 0 aromatic heterocycles. The SMILES string of the molecule is CC(C)C(C)(C#N)NC(=O)CN(C)C(c1ccccc1)c1ccc(F)cc1. The molecule has 27 heavy (non-hydrogen) atoms. The number of nitrogens with zero attached hydrogens (tertiary/aromatic N) is 2. The highest BCUT2D eigenvalue weighted by Crippen LogP contribution is 2.27. The van der Waals surface area contributed by atoms with Gasteiger partial charge in [-0.25, -0.2) is 4.39 Å². The first-order chi connectivity index (χ1) is 12.8. The fraction of sp³-hybridized carbons (Fsp3) is 0.364. The summed E-state index contributed by atoms with van der Waals surface area (Å²) in [4.78, 5) is 14.5. The molecule has 2 aromatic rings. The monoisotopic (exact) mass is 367 g/mol. The van der Waals surface area contributed by atoms with Crippen LogP contribution in [0.3, 0.4) is 0 Å². The summed E-state index contributed by atoms with van der Waals surface area (Å²) in [6, 6.07) is 18.1. The Morgan fingerprint density at radius 1 is 1.15 bits per heavy atom. The van der Waals surface area contributed by atoms with Crippen molar-refractivity contribution in [1.29, 1.82) is 5.26 Å². The highest BCUT2D eigenvalue weighted by Gasteiger charge is 2.31. The van der Waals surface area contributed by atoms with Crippen molar-refractivity contribution in [3.8, 4) is 6.07 Å². The number of amides is 1. The summed E-state index contributed by atoms with van der Waals surface area (Å²) in [6.45, 7) is 5.64. The largest absolute Gasteiger partial charge is 0.337 e. The maximum Gasteiger partial charge on any atom is 0.235 e. The molecule has 2 aromatic carbocycles. The van der Waals surface area contributed by atoms with Gasteiger partial charge in [0.15, 0.2) is 0 Å². The molecular weight excluding hydrogens is 341 g/mol. The Morgan fingerprint density at radius 2 is 1.70 bits per heavy atom. The number of likely N-dealkylation sites (N-methyl/N-ethyl adjacent to an activating group) is 1. The summed E-state index contributed by atoms with van der Waals surface area (Å²) in [7, 11) is 1.85. The smallest absolute Gasteiger partial charge is 0.235 e. The molecule has 0 spiro atoms. The van der Waals surface area contributed by atoms with E-state index in [-0.39, 0.29) is 30.2 Å². The van der Waals surface area contributed by atoms with Crippen molar-refractivity contribution in [1.82, 2.24) is 10.2 Å². The number of hydrogen-bond acceptors (Lipinski definition) is 3. The van der Waals surface area contributed by atoms with E-state index in [2.05, 4.69) is 11.4 Å². The highest BCUT2D eigenvalue weighted by atomic mass is 19.1. The first-order valence-electron chi connectivity index (χ1n) is 8.99. The van der Waals surface area contributed by atoms with Gasteiger partial charge < -0.3 is 5.32 Å². The molecule has 4 nitrogen and oxygen atoms in total. The van der Waals surface area contributed by atoms with Crippen molar-refractivity contribution < 1.29 is 9.18 Å². The normalized spacial score (nSPS) is 14.4. The van der Waals surface area contributed by atoms with Crippen molar-refractivity contribution in [2.75, 3.05) is 13.6 Å². The van der Waals surface area contributed by atoms with Gasteiger partial charge in [-0.1, -0.05) is 56.3 Å². The number of nitriles is 1. The Morgan fingerprint density at radius 3 is 2.22 bits per heavy atom. The van der Waals surface area contributed by atoms with Crippen LogP contribution in [0, 0.1) is 23.1 Å². The topological polar surface area (TPSA) is 56.1 Å². The van der Waals surface area contributed by atoms with Crippen molar-refractivity contribution >= 4 is 5.91 Å². The third kappa shape index (κ3) is 5.15. The number of rotatable bonds is 7. The van der Waals surface area contributed by atoms with Crippen LogP contribution in [0.25, 0.3) is 0 Å². The van der Waals surface area contributed by atoms with Crippen LogP contribution in [0.2, 0.25) is 0 Å². The van der Waals surface area contributed by atoms with E-state index in [4.69, 9.17) is 0 Å². The first-order valence-corrected chi connectivity index (χ1v) is 8.99. The standard InChI is InChI=1S/C22H26FN3O/c1-16(2)22(3,15-24)25-20(27)14-26(4)21(17-8-6-5-7-9-17)18-10-12-19(23)13-11-18/h5-13,16,21H,14H2,1-4H3,(H,25,27). The molecule has 2 atom stereocenters. The fourth-order valence-corrected chi connectivity index (χ4v) is 2.93. The molecule has 5 heteroatoms. The molecule has 1 amide bonds. The van der Waals surface area contributed by atoms with Crippen LogP contribution in [-0.2, 0) is 4.79 Å². The van der Waals surface area contributed by atoms with E-state index in [1.54, 1.807) is 19.1 Å². The summed E-state index contributed by atoms with van der Waals surface area (Å²) >= 11 is 0. The van der Waals surface area contributed by atoms with Crippen LogP contribution in [0.5, 0.6) is 0 Å². The van der Waals surface area contributed by atoms with Crippen LogP contribution >= 0.6 is 0 Å². The molecule has 142 valence electrons. The number of carbonyl (C=O) groups is 1. The van der Waals surface area contributed by atoms with E-state index >= 15 is 0 Å². The van der Waals surface area contributed by atoms with E-state index in [1.807, 2.05) is 56.1 Å². The van der Waals surface area contributed by atoms with E-state index < -0.39 is 5.54 Å². The second-order valence-electron chi connectivity index (χ2n) is 7.30. The molecule has 0 heterocycles. The molecule has 0 fully saturated rings. The van der Waals surface area contributed by atoms with Gasteiger partial charge in [-0.2, -0.15) is 5.26 Å². The minimum atomic E-state index is -0.921. The van der Waals surface area contributed by atoms with Crippen molar-refractivity contribution in [3.05, 3.63) is 71.5 Å². The van der Waals surface area contributed by atoms with Crippen molar-refractivity contribution in [2.24, 2.45) is 5.92 Å². The minimum absolute atomic E-state index is 0.0150. The molecule has 0 radical (unpaired) electrons. The van der Waals surface area contributed by atoms with Crippen LogP contribution < -0.4 is 5.32 Å². The summed E-state index contributed by atoms with van der Waals surface area (Å²) in [5, 5.41) is 12.3. The number of hydrogen-bond donors (Lipinski definition) is 1. The second-order valence-corrected chi connectivity index (χ2v) is 7.30. The maximum absolute atomic E-state index is 13.4. The Balaban J connectivity index is 2.24. The van der Waals surface area contributed by atoms with Gasteiger partial charge in [0.25, 0.3) is 0 Å². The molecule has 0 saturated heterocycles. The second kappa shape index (κ2) is 8.79. The third-order valence-electron chi connectivity index (χ3n) is 4.92. The molecule has 2 rings (SSSR count). The predicted octanol–water partition coefficient (Wildman–Crippen LogP) is 3.90. The summed E-state index contributed by atoms with van der Waals surface area (Å²) in [5.41, 5.74) is 0.979. The average Bonchev–Trinajstić information content (AvgIpc) is 2.64. The average molecular weight is 367 g/mol. The Kier molecular flexibility index (Phi) is 6.70. The Labute approximate surface area is 160 Å². The van der Waals surface area contributed by atoms with Gasteiger partial charge in [-0.3, -0.25) is 9.69 Å². The van der Waals surface area contributed by atoms with Gasteiger partial charge in [0, 0.05) is 0 Å². The Hall–Kier alpha value is -2.71. The molecule has 0 aliphatic rings. The Bertz CT molecular complexity index is 799. The zero-order valence-corrected chi connectivity index (χ0v) is 16.2.